The van der Waals surface area contributed by atoms with Gasteiger partial charge in [-0.1, -0.05) is 50.9 Å². The highest BCUT2D eigenvalue weighted by Crippen LogP contribution is 2.35. The minimum absolute atomic E-state index is 0.654. The SMILES string of the molecule is CCc1c(Cc2cc(N)c(Cl)c(CC)c2CC)cc(N)c(Cl)c1CC. The van der Waals surface area contributed by atoms with Crippen molar-refractivity contribution in [3.05, 3.63) is 55.6 Å². The summed E-state index contributed by atoms with van der Waals surface area (Å²) in [6.07, 6.45) is 4.43. The molecule has 0 radical (unpaired) electrons. The predicted molar refractivity (Wildman–Crippen MR) is 112 cm³/mol. The van der Waals surface area contributed by atoms with Crippen molar-refractivity contribution in [3.8, 4) is 0 Å². The Kier molecular flexibility index (Phi) is 6.65. The molecule has 4 N–H and O–H groups in total. The van der Waals surface area contributed by atoms with Crippen molar-refractivity contribution < 1.29 is 0 Å². The quantitative estimate of drug-likeness (QED) is 0.605. The number of rotatable bonds is 6. The van der Waals surface area contributed by atoms with Crippen LogP contribution in [0.1, 0.15) is 61.1 Å². The highest BCUT2D eigenvalue weighted by molar-refractivity contribution is 6.34. The molecule has 2 rings (SSSR count). The van der Waals surface area contributed by atoms with Crippen LogP contribution in [0.15, 0.2) is 12.1 Å². The molecule has 2 aromatic carbocycles. The van der Waals surface area contributed by atoms with Gasteiger partial charge in [0.2, 0.25) is 0 Å². The van der Waals surface area contributed by atoms with E-state index in [4.69, 9.17) is 34.7 Å². The number of anilines is 2. The molecule has 0 unspecified atom stereocenters. The molecule has 0 saturated carbocycles. The van der Waals surface area contributed by atoms with Gasteiger partial charge in [0.25, 0.3) is 0 Å². The average Bonchev–Trinajstić information content (AvgIpc) is 2.60. The lowest BCUT2D eigenvalue weighted by Crippen LogP contribution is -2.07. The highest BCUT2D eigenvalue weighted by Gasteiger charge is 2.17. The lowest BCUT2D eigenvalue weighted by atomic mass is 9.88. The molecule has 0 amide bonds. The molecule has 0 aliphatic rings. The fraction of sp³-hybridized carbons (Fsp3) is 0.429. The summed E-state index contributed by atoms with van der Waals surface area (Å²) in [7, 11) is 0. The molecular formula is C21H28Cl2N2. The maximum atomic E-state index is 6.44. The number of hydrogen-bond acceptors (Lipinski definition) is 2. The number of benzene rings is 2. The molecule has 0 saturated heterocycles. The smallest absolute Gasteiger partial charge is 0.0670 e. The van der Waals surface area contributed by atoms with E-state index in [2.05, 4.69) is 27.7 Å². The van der Waals surface area contributed by atoms with E-state index >= 15 is 0 Å². The van der Waals surface area contributed by atoms with Gasteiger partial charge >= 0.3 is 0 Å². The summed E-state index contributed by atoms with van der Waals surface area (Å²) in [5.41, 5.74) is 21.1. The van der Waals surface area contributed by atoms with Gasteiger partial charge in [0.05, 0.1) is 21.4 Å². The molecule has 2 aromatic rings. The maximum absolute atomic E-state index is 6.44. The molecule has 136 valence electrons. The zero-order valence-electron chi connectivity index (χ0n) is 15.6. The molecule has 2 nitrogen and oxygen atoms in total. The Labute approximate surface area is 161 Å². The van der Waals surface area contributed by atoms with Gasteiger partial charge in [-0.25, -0.2) is 0 Å². The number of halogens is 2. The van der Waals surface area contributed by atoms with Gasteiger partial charge in [-0.3, -0.25) is 0 Å². The van der Waals surface area contributed by atoms with Crippen LogP contribution in [-0.2, 0) is 32.1 Å². The molecule has 0 aromatic heterocycles. The van der Waals surface area contributed by atoms with Gasteiger partial charge in [-0.15, -0.1) is 0 Å². The van der Waals surface area contributed by atoms with E-state index in [9.17, 15) is 0 Å². The average molecular weight is 379 g/mol. The van der Waals surface area contributed by atoms with Gasteiger partial charge in [0.1, 0.15) is 0 Å². The summed E-state index contributed by atoms with van der Waals surface area (Å²) in [4.78, 5) is 0. The number of hydrogen-bond donors (Lipinski definition) is 2. The second kappa shape index (κ2) is 8.33. The van der Waals surface area contributed by atoms with Gasteiger partial charge < -0.3 is 11.5 Å². The summed E-state index contributed by atoms with van der Waals surface area (Å²) >= 11 is 12.9. The fourth-order valence-electron chi connectivity index (χ4n) is 3.82. The Hall–Kier alpha value is -1.38. The molecule has 0 spiro atoms. The van der Waals surface area contributed by atoms with Crippen molar-refractivity contribution in [2.75, 3.05) is 11.5 Å². The van der Waals surface area contributed by atoms with E-state index in [1.165, 1.54) is 22.3 Å². The van der Waals surface area contributed by atoms with Crippen LogP contribution in [0.4, 0.5) is 11.4 Å². The Morgan fingerprint density at radius 2 is 0.960 bits per heavy atom. The van der Waals surface area contributed by atoms with Gasteiger partial charge in [0, 0.05) is 0 Å². The summed E-state index contributed by atoms with van der Waals surface area (Å²) in [5.74, 6) is 0. The van der Waals surface area contributed by atoms with Crippen LogP contribution >= 0.6 is 23.2 Å². The molecule has 0 aliphatic carbocycles. The predicted octanol–water partition coefficient (Wildman–Crippen LogP) is 6.00. The third kappa shape index (κ3) is 3.75. The minimum Gasteiger partial charge on any atom is -0.398 e. The first kappa shape index (κ1) is 19.9. The third-order valence-electron chi connectivity index (χ3n) is 5.00. The lowest BCUT2D eigenvalue weighted by Gasteiger charge is -2.20. The second-order valence-corrected chi connectivity index (χ2v) is 7.14. The topological polar surface area (TPSA) is 52.0 Å². The Morgan fingerprint density at radius 3 is 1.24 bits per heavy atom. The fourth-order valence-corrected chi connectivity index (χ4v) is 4.42. The van der Waals surface area contributed by atoms with Crippen LogP contribution in [0.3, 0.4) is 0 Å². The summed E-state index contributed by atoms with van der Waals surface area (Å²) < 4.78 is 0. The monoisotopic (exact) mass is 378 g/mol. The van der Waals surface area contributed by atoms with E-state index in [-0.39, 0.29) is 0 Å². The first-order valence-electron chi connectivity index (χ1n) is 9.06. The van der Waals surface area contributed by atoms with Crippen LogP contribution in [0.25, 0.3) is 0 Å². The van der Waals surface area contributed by atoms with Crippen LogP contribution in [0.5, 0.6) is 0 Å². The molecule has 4 heteroatoms. The van der Waals surface area contributed by atoms with Gasteiger partial charge in [-0.2, -0.15) is 0 Å². The minimum atomic E-state index is 0.654. The van der Waals surface area contributed by atoms with Crippen molar-refractivity contribution in [2.24, 2.45) is 0 Å². The normalized spacial score (nSPS) is 11.1. The van der Waals surface area contributed by atoms with E-state index < -0.39 is 0 Å². The van der Waals surface area contributed by atoms with Crippen molar-refractivity contribution in [3.63, 3.8) is 0 Å². The van der Waals surface area contributed by atoms with Crippen molar-refractivity contribution >= 4 is 34.6 Å². The van der Waals surface area contributed by atoms with Crippen LogP contribution in [-0.4, -0.2) is 0 Å². The van der Waals surface area contributed by atoms with E-state index in [1.54, 1.807) is 0 Å². The number of nitrogens with two attached hydrogens (primary N) is 2. The Morgan fingerprint density at radius 1 is 0.640 bits per heavy atom. The first-order chi connectivity index (χ1) is 11.9. The zero-order valence-corrected chi connectivity index (χ0v) is 17.1. The summed E-state index contributed by atoms with van der Waals surface area (Å²) in [6.45, 7) is 8.57. The summed E-state index contributed by atoms with van der Waals surface area (Å²) in [6, 6.07) is 4.05. The molecule has 0 fully saturated rings. The standard InChI is InChI=1S/C21H28Cl2N2/c1-5-14-12(10-18(24)20(22)16(14)7-3)9-13-11-19(25)21(23)17(8-4)15(13)6-2/h10-11H,5-9,24-25H2,1-4H3. The molecular weight excluding hydrogens is 351 g/mol. The number of nitrogen functional groups attached to an aromatic ring is 2. The summed E-state index contributed by atoms with van der Waals surface area (Å²) in [5, 5.41) is 1.40. The molecule has 25 heavy (non-hydrogen) atoms. The van der Waals surface area contributed by atoms with E-state index in [1.807, 2.05) is 12.1 Å². The molecule has 0 bridgehead atoms. The van der Waals surface area contributed by atoms with E-state index in [0.717, 1.165) is 43.2 Å². The molecule has 0 heterocycles. The maximum Gasteiger partial charge on any atom is 0.0670 e. The molecule has 0 atom stereocenters. The van der Waals surface area contributed by atoms with Crippen molar-refractivity contribution in [1.29, 1.82) is 0 Å². The zero-order chi connectivity index (χ0) is 18.7. The van der Waals surface area contributed by atoms with Crippen LogP contribution in [0.2, 0.25) is 10.0 Å². The second-order valence-electron chi connectivity index (χ2n) is 6.38. The van der Waals surface area contributed by atoms with Crippen LogP contribution in [0, 0.1) is 0 Å². The Bertz CT molecular complexity index is 717. The highest BCUT2D eigenvalue weighted by atomic mass is 35.5. The Balaban J connectivity index is 2.65. The lowest BCUT2D eigenvalue weighted by molar-refractivity contribution is 0.966. The van der Waals surface area contributed by atoms with Crippen molar-refractivity contribution in [1.82, 2.24) is 0 Å². The van der Waals surface area contributed by atoms with E-state index in [0.29, 0.717) is 21.4 Å². The van der Waals surface area contributed by atoms with Gasteiger partial charge in [0.15, 0.2) is 0 Å². The van der Waals surface area contributed by atoms with Crippen molar-refractivity contribution in [2.45, 2.75) is 59.8 Å². The van der Waals surface area contributed by atoms with Crippen LogP contribution < -0.4 is 11.5 Å². The van der Waals surface area contributed by atoms with Gasteiger partial charge in [-0.05, 0) is 77.6 Å². The molecule has 0 aliphatic heterocycles. The third-order valence-corrected chi connectivity index (χ3v) is 5.89. The largest absolute Gasteiger partial charge is 0.398 e. The first-order valence-corrected chi connectivity index (χ1v) is 9.82.